The second kappa shape index (κ2) is 33.3. The first-order valence-electron chi connectivity index (χ1n) is 37.6. The molecule has 3 unspecified atom stereocenters. The summed E-state index contributed by atoms with van der Waals surface area (Å²) in [6, 6.07) is 14.7. The first-order chi connectivity index (χ1) is 48.2. The molecule has 4 N–H and O–H groups in total. The number of amides is 3. The van der Waals surface area contributed by atoms with Crippen molar-refractivity contribution in [1.82, 2.24) is 16.0 Å². The molecule has 0 aromatic heterocycles. The molecule has 2 aromatic carbocycles. The second-order valence-corrected chi connectivity index (χ2v) is 32.8. The van der Waals surface area contributed by atoms with Gasteiger partial charge in [-0.3, -0.25) is 24.0 Å². The van der Waals surface area contributed by atoms with E-state index in [0.717, 1.165) is 55.3 Å². The maximum Gasteiger partial charge on any atom is 0.408 e. The first-order valence-corrected chi connectivity index (χ1v) is 37.6. The zero-order valence-electron chi connectivity index (χ0n) is 63.2. The lowest BCUT2D eigenvalue weighted by Gasteiger charge is -2.62. The van der Waals surface area contributed by atoms with E-state index in [2.05, 4.69) is 56.6 Å². The van der Waals surface area contributed by atoms with Crippen LogP contribution >= 0.6 is 0 Å². The average Bonchev–Trinajstić information content (AvgIpc) is 0.722. The van der Waals surface area contributed by atoms with Gasteiger partial charge < -0.3 is 63.7 Å². The summed E-state index contributed by atoms with van der Waals surface area (Å²) >= 11 is 0. The molecule has 4 saturated carbocycles. The quantitative estimate of drug-likeness (QED) is 0.0245. The van der Waals surface area contributed by atoms with Crippen molar-refractivity contribution in [1.29, 1.82) is 0 Å². The molecule has 21 heteroatoms. The van der Waals surface area contributed by atoms with Crippen LogP contribution in [0.4, 0.5) is 4.79 Å². The number of carbonyl (C=O) groups excluding carboxylic acids is 8. The summed E-state index contributed by atoms with van der Waals surface area (Å²) in [6.45, 7) is 25.2. The molecular formula is C81H117N3O18. The fraction of sp³-hybridized carbons (Fsp3) is 0.704. The van der Waals surface area contributed by atoms with Crippen LogP contribution in [0.15, 0.2) is 83.5 Å². The number of fused-ring (bicyclic) bond motifs is 6. The van der Waals surface area contributed by atoms with Crippen LogP contribution in [0.3, 0.4) is 0 Å². The van der Waals surface area contributed by atoms with E-state index in [1.54, 1.807) is 109 Å². The van der Waals surface area contributed by atoms with Gasteiger partial charge in [-0.15, -0.1) is 0 Å². The van der Waals surface area contributed by atoms with Crippen LogP contribution in [0.25, 0.3) is 0 Å². The van der Waals surface area contributed by atoms with Crippen molar-refractivity contribution < 1.29 is 86.1 Å². The van der Waals surface area contributed by atoms with Crippen LogP contribution in [0.2, 0.25) is 0 Å². The summed E-state index contributed by atoms with van der Waals surface area (Å²) in [6.07, 6.45) is 5.88. The van der Waals surface area contributed by atoms with Crippen molar-refractivity contribution in [3.05, 3.63) is 94.6 Å². The highest BCUT2D eigenvalue weighted by Crippen LogP contribution is 2.68. The molecule has 5 fully saturated rings. The van der Waals surface area contributed by atoms with Gasteiger partial charge in [0.05, 0.1) is 44.0 Å². The Morgan fingerprint density at radius 1 is 0.794 bits per heavy atom. The van der Waals surface area contributed by atoms with Gasteiger partial charge >= 0.3 is 30.0 Å². The Labute approximate surface area is 604 Å². The molecule has 1 heterocycles. The number of benzene rings is 2. The zero-order chi connectivity index (χ0) is 74.3. The van der Waals surface area contributed by atoms with Gasteiger partial charge in [0.15, 0.2) is 11.4 Å². The summed E-state index contributed by atoms with van der Waals surface area (Å²) in [5.74, 6) is -1.84. The number of methoxy groups -OCH3 is 2. The Morgan fingerprint density at radius 2 is 1.50 bits per heavy atom. The number of hydrogen-bond acceptors (Lipinski definition) is 18. The maximum absolute atomic E-state index is 15.6. The Balaban J connectivity index is 0.886. The van der Waals surface area contributed by atoms with Crippen molar-refractivity contribution in [2.45, 2.75) is 265 Å². The van der Waals surface area contributed by atoms with Crippen molar-refractivity contribution >= 4 is 47.6 Å². The molecule has 0 spiro atoms. The van der Waals surface area contributed by atoms with Gasteiger partial charge in [0.25, 0.3) is 0 Å². The normalized spacial score (nSPS) is 30.9. The Bertz CT molecular complexity index is 3360. The SMILES string of the molecule is CCC(=O)[C@H](OC)C1=C(C)[C@@H](OC(=O)[C@H](OC(=O)CCC(=O)NCC(=O)NCCO[C@H]2CC[C@@]3(C)C(=CCC4C3CC[C@@]3(C)C4CC[C@@H]3[C@H](C)CCCC(C)C)C2)[C@@H](NC(=O)OC(C)(C)C)c2ccccc2)C[C@@](O)([C@@H](OC(=O)c2ccccc2)[C@H]2C[C@@H](OC)C[C@H]3OC[C@@]23OC(C)=O)C1(C)C. The molecule has 564 valence electrons. The molecular weight excluding hydrogens is 1300 g/mol. The van der Waals surface area contributed by atoms with E-state index in [1.807, 2.05) is 0 Å². The number of rotatable bonds is 30. The van der Waals surface area contributed by atoms with Gasteiger partial charge in [0, 0.05) is 64.7 Å². The van der Waals surface area contributed by atoms with E-state index < -0.39 is 138 Å². The van der Waals surface area contributed by atoms with Crippen molar-refractivity contribution in [3.63, 3.8) is 0 Å². The Morgan fingerprint density at radius 3 is 2.14 bits per heavy atom. The third-order valence-electron chi connectivity index (χ3n) is 24.6. The van der Waals surface area contributed by atoms with Crippen LogP contribution in [-0.4, -0.2) is 153 Å². The zero-order valence-corrected chi connectivity index (χ0v) is 63.2. The van der Waals surface area contributed by atoms with Crippen molar-refractivity contribution in [3.8, 4) is 0 Å². The van der Waals surface area contributed by atoms with Crippen molar-refractivity contribution in [2.75, 3.05) is 40.5 Å². The number of alkyl carbamates (subject to hydrolysis) is 1. The summed E-state index contributed by atoms with van der Waals surface area (Å²) in [5, 5.41) is 22.3. The lowest BCUT2D eigenvalue weighted by Crippen LogP contribution is -2.75. The Kier molecular flexibility index (Phi) is 26.0. The number of Topliss-reactive ketones (excluding diaryl/α,β-unsaturated/α-hetero) is 1. The number of carbonyl (C=O) groups is 8. The van der Waals surface area contributed by atoms with Gasteiger partial charge in [0.2, 0.25) is 17.9 Å². The van der Waals surface area contributed by atoms with E-state index in [1.165, 1.54) is 71.7 Å². The molecule has 7 aliphatic rings. The van der Waals surface area contributed by atoms with E-state index in [4.69, 9.17) is 42.6 Å². The summed E-state index contributed by atoms with van der Waals surface area (Å²) < 4.78 is 55.6. The number of aliphatic hydroxyl groups is 1. The fourth-order valence-corrected chi connectivity index (χ4v) is 19.2. The monoisotopic (exact) mass is 1420 g/mol. The van der Waals surface area contributed by atoms with E-state index in [0.29, 0.717) is 24.4 Å². The van der Waals surface area contributed by atoms with Crippen LogP contribution in [-0.2, 0) is 71.4 Å². The molecule has 9 rings (SSSR count). The minimum atomic E-state index is -2.37. The van der Waals surface area contributed by atoms with Gasteiger partial charge in [-0.25, -0.2) is 14.4 Å². The standard InChI is InChI=1S/C81H117N3O18/c1-16-62(86)70(95-15)68-50(5)63(45-81(93,77(68,10)11)72(100-73(90)53-28-21-18-22-29-53)61-43-56(94-14)44-64-80(61,47-97-64)101-51(6)85)98-74(91)71(69(52-26-19-17-20-27-52)84-75(92)102-76(7,8)9)99-67(89)35-34-65(87)83-46-66(88)82-40-41-96-55-36-38-78(12)54(42-55)30-31-57-59-33-32-58(49(4)25-23-24-48(2)3)79(59,13)39-37-60(57)78/h17-22,26-30,48-49,55-61,63-64,69-72,93H,16,23-25,31-47H2,1-15H3,(H,82,88)(H,83,87)(H,84,92)/t49-,55+,56-,57?,58-,59?,60?,61-,63+,64-,69+,70+,71-,72+,78+,79-,80-,81-/m1/s1. The molecule has 102 heavy (non-hydrogen) atoms. The lowest BCUT2D eigenvalue weighted by molar-refractivity contribution is -0.322. The highest BCUT2D eigenvalue weighted by Gasteiger charge is 2.70. The minimum Gasteiger partial charge on any atom is -0.455 e. The van der Waals surface area contributed by atoms with E-state index in [9.17, 15) is 38.7 Å². The molecule has 2 aromatic rings. The topological polar surface area (TPSA) is 276 Å². The van der Waals surface area contributed by atoms with Crippen molar-refractivity contribution in [2.24, 2.45) is 57.7 Å². The minimum absolute atomic E-state index is 0.0280. The van der Waals surface area contributed by atoms with Gasteiger partial charge in [-0.1, -0.05) is 135 Å². The average molecular weight is 1420 g/mol. The summed E-state index contributed by atoms with van der Waals surface area (Å²) in [5.41, 5.74) is -3.51. The third-order valence-corrected chi connectivity index (χ3v) is 24.6. The van der Waals surface area contributed by atoms with Crippen LogP contribution in [0, 0.1) is 57.7 Å². The van der Waals surface area contributed by atoms with Gasteiger partial charge in [-0.05, 0) is 161 Å². The molecule has 21 nitrogen and oxygen atoms in total. The van der Waals surface area contributed by atoms with Crippen LogP contribution < -0.4 is 16.0 Å². The molecule has 0 radical (unpaired) electrons. The van der Waals surface area contributed by atoms with E-state index in [-0.39, 0.29) is 66.3 Å². The predicted molar refractivity (Wildman–Crippen MR) is 382 cm³/mol. The lowest BCUT2D eigenvalue weighted by atomic mass is 9.47. The van der Waals surface area contributed by atoms with Gasteiger partial charge in [0.1, 0.15) is 41.7 Å². The highest BCUT2D eigenvalue weighted by molar-refractivity contribution is 5.90. The van der Waals surface area contributed by atoms with Crippen LogP contribution in [0.5, 0.6) is 0 Å². The molecule has 0 bridgehead atoms. The molecule has 6 aliphatic carbocycles. The third kappa shape index (κ3) is 17.4. The number of nitrogens with one attached hydrogen (secondary N) is 3. The summed E-state index contributed by atoms with van der Waals surface area (Å²) in [4.78, 5) is 113. The number of hydrogen-bond donors (Lipinski definition) is 4. The molecule has 3 amide bonds. The highest BCUT2D eigenvalue weighted by atomic mass is 16.6. The first kappa shape index (κ1) is 79.6. The van der Waals surface area contributed by atoms with Crippen LogP contribution in [0.1, 0.15) is 221 Å². The van der Waals surface area contributed by atoms with E-state index >= 15 is 4.79 Å². The number of ether oxygens (including phenoxy) is 9. The Hall–Kier alpha value is -6.52. The molecule has 1 saturated heterocycles. The maximum atomic E-state index is 15.6. The molecule has 1 aliphatic heterocycles. The fourth-order valence-electron chi connectivity index (χ4n) is 19.2. The number of esters is 4. The van der Waals surface area contributed by atoms with Gasteiger partial charge in [-0.2, -0.15) is 0 Å². The molecule has 18 atom stereocenters. The second-order valence-electron chi connectivity index (χ2n) is 32.8. The predicted octanol–water partition coefficient (Wildman–Crippen LogP) is 12.3. The largest absolute Gasteiger partial charge is 0.455 e. The smallest absolute Gasteiger partial charge is 0.408 e. The number of allylic oxidation sites excluding steroid dienone is 1. The number of ketones is 1. The summed E-state index contributed by atoms with van der Waals surface area (Å²) in [7, 11) is 2.84.